The van der Waals surface area contributed by atoms with E-state index < -0.39 is 0 Å². The molecule has 0 fully saturated rings. The van der Waals surface area contributed by atoms with Gasteiger partial charge in [-0.1, -0.05) is 38.1 Å². The zero-order valence-electron chi connectivity index (χ0n) is 20.1. The van der Waals surface area contributed by atoms with Crippen LogP contribution in [-0.4, -0.2) is 13.9 Å². The Morgan fingerprint density at radius 3 is 2.49 bits per heavy atom. The number of hydrogen-bond acceptors (Lipinski definition) is 4. The molecule has 2 aliphatic rings. The second kappa shape index (κ2) is 9.42. The van der Waals surface area contributed by atoms with Crippen LogP contribution >= 0.6 is 0 Å². The van der Waals surface area contributed by atoms with Crippen LogP contribution in [0, 0.1) is 0 Å². The van der Waals surface area contributed by atoms with Gasteiger partial charge in [0.1, 0.15) is 6.61 Å². The van der Waals surface area contributed by atoms with Crippen molar-refractivity contribution in [1.29, 1.82) is 0 Å². The number of fused-ring (bicyclic) bond motifs is 5. The summed E-state index contributed by atoms with van der Waals surface area (Å²) < 4.78 is 25.6. The van der Waals surface area contributed by atoms with Crippen LogP contribution < -0.4 is 40.5 Å². The van der Waals surface area contributed by atoms with Gasteiger partial charge in [0.2, 0.25) is 12.5 Å². The van der Waals surface area contributed by atoms with Gasteiger partial charge in [0.25, 0.3) is 0 Å². The molecule has 2 aliphatic heterocycles. The minimum Gasteiger partial charge on any atom is -1.00 e. The third kappa shape index (κ3) is 4.20. The topological polar surface area (TPSA) is 40.8 Å². The number of pyridine rings is 1. The highest BCUT2D eigenvalue weighted by atomic mass is 79.9. The molecule has 4 aromatic rings. The minimum atomic E-state index is 0. The maximum atomic E-state index is 6.37. The predicted octanol–water partition coefficient (Wildman–Crippen LogP) is 2.79. The van der Waals surface area contributed by atoms with Gasteiger partial charge in [0.15, 0.2) is 35.7 Å². The first-order chi connectivity index (χ1) is 16.6. The third-order valence-corrected chi connectivity index (χ3v) is 6.83. The Morgan fingerprint density at radius 2 is 1.74 bits per heavy atom. The summed E-state index contributed by atoms with van der Waals surface area (Å²) in [7, 11) is 1.69. The van der Waals surface area contributed by atoms with Crippen LogP contribution in [0.3, 0.4) is 0 Å². The number of ether oxygens (including phenoxy) is 4. The van der Waals surface area contributed by atoms with Crippen molar-refractivity contribution in [3.05, 3.63) is 77.5 Å². The molecule has 180 valence electrons. The number of aromatic nitrogens is 1. The summed E-state index contributed by atoms with van der Waals surface area (Å²) in [5.41, 5.74) is 6.13. The molecule has 0 amide bonds. The van der Waals surface area contributed by atoms with E-state index in [-0.39, 0.29) is 23.8 Å². The molecule has 6 heteroatoms. The van der Waals surface area contributed by atoms with Crippen molar-refractivity contribution in [3.63, 3.8) is 0 Å². The number of methoxy groups -OCH3 is 1. The van der Waals surface area contributed by atoms with Crippen LogP contribution in [-0.2, 0) is 19.6 Å². The van der Waals surface area contributed by atoms with E-state index in [9.17, 15) is 0 Å². The molecule has 0 aliphatic carbocycles. The van der Waals surface area contributed by atoms with E-state index in [0.717, 1.165) is 52.3 Å². The summed E-state index contributed by atoms with van der Waals surface area (Å²) in [4.78, 5) is 0. The van der Waals surface area contributed by atoms with Crippen LogP contribution in [0.2, 0.25) is 0 Å². The molecule has 0 unspecified atom stereocenters. The van der Waals surface area contributed by atoms with E-state index in [0.29, 0.717) is 12.5 Å². The number of rotatable bonds is 5. The largest absolute Gasteiger partial charge is 1.00 e. The average molecular weight is 534 g/mol. The van der Waals surface area contributed by atoms with Gasteiger partial charge in [-0.2, -0.15) is 4.57 Å². The summed E-state index contributed by atoms with van der Waals surface area (Å²) in [5.74, 6) is 3.69. The van der Waals surface area contributed by atoms with Gasteiger partial charge in [-0.05, 0) is 52.3 Å². The van der Waals surface area contributed by atoms with E-state index in [2.05, 4.69) is 73.1 Å². The molecule has 1 aromatic heterocycles. The highest BCUT2D eigenvalue weighted by Gasteiger charge is 2.28. The van der Waals surface area contributed by atoms with Crippen LogP contribution in [0.4, 0.5) is 0 Å². The van der Waals surface area contributed by atoms with Crippen molar-refractivity contribution in [1.82, 2.24) is 0 Å². The number of aryl methyl sites for hydroxylation is 2. The fraction of sp³-hybridized carbons (Fsp3) is 0.276. The van der Waals surface area contributed by atoms with E-state index in [1.165, 1.54) is 22.4 Å². The average Bonchev–Trinajstić information content (AvgIpc) is 3.32. The lowest BCUT2D eigenvalue weighted by Crippen LogP contribution is -3.00. The lowest BCUT2D eigenvalue weighted by molar-refractivity contribution is -0.686. The fourth-order valence-corrected chi connectivity index (χ4v) is 4.86. The Kier molecular flexibility index (Phi) is 6.32. The smallest absolute Gasteiger partial charge is 0.231 e. The Bertz CT molecular complexity index is 1400. The lowest BCUT2D eigenvalue weighted by Gasteiger charge is -2.18. The highest BCUT2D eigenvalue weighted by Crippen LogP contribution is 2.41. The van der Waals surface area contributed by atoms with Gasteiger partial charge < -0.3 is 35.9 Å². The summed E-state index contributed by atoms with van der Waals surface area (Å²) in [5, 5.41) is 2.16. The second-order valence-electron chi connectivity index (χ2n) is 9.25. The molecule has 3 heterocycles. The van der Waals surface area contributed by atoms with Gasteiger partial charge >= 0.3 is 0 Å². The van der Waals surface area contributed by atoms with Crippen LogP contribution in [0.25, 0.3) is 22.0 Å². The van der Waals surface area contributed by atoms with Gasteiger partial charge in [-0.25, -0.2) is 0 Å². The quantitative estimate of drug-likeness (QED) is 0.370. The van der Waals surface area contributed by atoms with Crippen molar-refractivity contribution >= 4 is 10.8 Å². The summed E-state index contributed by atoms with van der Waals surface area (Å²) in [6.45, 7) is 6.08. The van der Waals surface area contributed by atoms with Crippen molar-refractivity contribution in [2.24, 2.45) is 0 Å². The Morgan fingerprint density at radius 1 is 0.971 bits per heavy atom. The third-order valence-electron chi connectivity index (χ3n) is 6.83. The van der Waals surface area contributed by atoms with E-state index in [4.69, 9.17) is 18.9 Å². The molecule has 0 atom stereocenters. The molecule has 0 radical (unpaired) electrons. The first-order valence-electron chi connectivity index (χ1n) is 11.8. The monoisotopic (exact) mass is 533 g/mol. The number of halogens is 1. The van der Waals surface area contributed by atoms with Crippen LogP contribution in [0.1, 0.15) is 36.5 Å². The molecule has 0 bridgehead atoms. The van der Waals surface area contributed by atoms with Gasteiger partial charge in [0, 0.05) is 12.5 Å². The standard InChI is InChI=1S/C29H28NO4.BrH/c1-18(2)20-6-4-19(5-7-20)16-32-29-24-15-30-11-10-22-13-27-28(34-17-33-27)14-23(22)25(30)12-21(24)8-9-26(29)31-3;/h4-9,12-15,18H,10-11,16-17H2,1-3H3;1H/q+1;/p-1. The molecular formula is C29H28BrNO4. The van der Waals surface area contributed by atoms with Crippen LogP contribution in [0.15, 0.2) is 60.8 Å². The van der Waals surface area contributed by atoms with E-state index >= 15 is 0 Å². The van der Waals surface area contributed by atoms with Gasteiger partial charge in [0.05, 0.1) is 18.1 Å². The first kappa shape index (κ1) is 23.5. The predicted molar refractivity (Wildman–Crippen MR) is 131 cm³/mol. The molecule has 5 nitrogen and oxygen atoms in total. The molecule has 0 N–H and O–H groups in total. The Hall–Kier alpha value is -3.25. The zero-order chi connectivity index (χ0) is 23.2. The molecular weight excluding hydrogens is 506 g/mol. The Labute approximate surface area is 216 Å². The van der Waals surface area contributed by atoms with E-state index in [1.807, 2.05) is 6.07 Å². The van der Waals surface area contributed by atoms with Gasteiger partial charge in [-0.15, -0.1) is 0 Å². The second-order valence-corrected chi connectivity index (χ2v) is 9.25. The first-order valence-corrected chi connectivity index (χ1v) is 11.8. The SMILES string of the molecule is COc1ccc2cc3[n+](cc2c1OCc1ccc(C(C)C)cc1)CCc1cc2c(cc1-3)OCO2.[Br-]. The summed E-state index contributed by atoms with van der Waals surface area (Å²) >= 11 is 0. The Balaban J connectivity index is 0.00000253. The number of nitrogens with zero attached hydrogens (tertiary/aromatic N) is 1. The maximum absolute atomic E-state index is 6.37. The van der Waals surface area contributed by atoms with Crippen molar-refractivity contribution in [2.75, 3.05) is 13.9 Å². The summed E-state index contributed by atoms with van der Waals surface area (Å²) in [6, 6.07) is 19.2. The van der Waals surface area contributed by atoms with E-state index in [1.54, 1.807) is 7.11 Å². The highest BCUT2D eigenvalue weighted by molar-refractivity contribution is 5.91. The number of benzene rings is 3. The summed E-state index contributed by atoms with van der Waals surface area (Å²) in [6.07, 6.45) is 3.13. The van der Waals surface area contributed by atoms with Gasteiger partial charge in [-0.3, -0.25) is 0 Å². The zero-order valence-corrected chi connectivity index (χ0v) is 21.7. The molecule has 6 rings (SSSR count). The van der Waals surface area contributed by atoms with Crippen molar-refractivity contribution in [3.8, 4) is 34.3 Å². The normalized spacial score (nSPS) is 13.3. The lowest BCUT2D eigenvalue weighted by atomic mass is 9.95. The molecule has 0 spiro atoms. The number of hydrogen-bond donors (Lipinski definition) is 0. The molecule has 35 heavy (non-hydrogen) atoms. The molecule has 0 saturated heterocycles. The van der Waals surface area contributed by atoms with Crippen molar-refractivity contribution in [2.45, 2.75) is 39.3 Å². The van der Waals surface area contributed by atoms with Crippen molar-refractivity contribution < 1.29 is 40.5 Å². The molecule has 0 saturated carbocycles. The fourth-order valence-electron chi connectivity index (χ4n) is 4.86. The molecule has 3 aromatic carbocycles. The van der Waals surface area contributed by atoms with Crippen LogP contribution in [0.5, 0.6) is 23.0 Å². The minimum absolute atomic E-state index is 0. The maximum Gasteiger partial charge on any atom is 0.231 e.